The Bertz CT molecular complexity index is 1230. The van der Waals surface area contributed by atoms with E-state index in [1.165, 1.54) is 24.5 Å². The zero-order valence-corrected chi connectivity index (χ0v) is 16.1. The Hall–Kier alpha value is -2.91. The summed E-state index contributed by atoms with van der Waals surface area (Å²) >= 11 is 1.22. The van der Waals surface area contributed by atoms with Gasteiger partial charge in [-0.25, -0.2) is 13.4 Å². The minimum absolute atomic E-state index is 0.0118. The molecule has 2 N–H and O–H groups in total. The van der Waals surface area contributed by atoms with E-state index in [0.29, 0.717) is 10.5 Å². The van der Waals surface area contributed by atoms with Crippen LogP contribution in [0.3, 0.4) is 0 Å². The van der Waals surface area contributed by atoms with Crippen molar-refractivity contribution in [2.45, 2.75) is 11.8 Å². The topological polar surface area (TPSA) is 99.6 Å². The maximum atomic E-state index is 13.1. The second-order valence-electron chi connectivity index (χ2n) is 6.08. The van der Waals surface area contributed by atoms with E-state index in [9.17, 15) is 18.3 Å². The fourth-order valence-electron chi connectivity index (χ4n) is 3.06. The van der Waals surface area contributed by atoms with Gasteiger partial charge in [0.25, 0.3) is 15.9 Å². The summed E-state index contributed by atoms with van der Waals surface area (Å²) in [5.41, 5.74) is 0.493. The van der Waals surface area contributed by atoms with Crippen molar-refractivity contribution in [3.05, 3.63) is 58.7 Å². The number of thiazole rings is 1. The van der Waals surface area contributed by atoms with Crippen LogP contribution in [0.1, 0.15) is 11.3 Å². The molecule has 0 saturated heterocycles. The minimum atomic E-state index is -4.02. The van der Waals surface area contributed by atoms with Crippen molar-refractivity contribution in [1.82, 2.24) is 9.29 Å². The number of hydrogen-bond donors (Lipinski definition) is 2. The molecule has 0 aliphatic carbocycles. The lowest BCUT2D eigenvalue weighted by Gasteiger charge is -2.29. The molecule has 1 aliphatic rings. The number of amides is 1. The summed E-state index contributed by atoms with van der Waals surface area (Å²) in [6, 6.07) is 10.2. The summed E-state index contributed by atoms with van der Waals surface area (Å²) in [4.78, 5) is 16.8. The molecule has 2 heterocycles. The standard InChI is InChI=1S/C18H15N3O4S2/c1-10-9-26-18(19-10)20-17(23)14-15(22)13-8-7-11-5-3-4-6-12(11)16(13)27(24,25)21(14)2/h3-9,22H,1-2H3,(H,19,20,23). The third-order valence-electron chi connectivity index (χ3n) is 4.35. The highest BCUT2D eigenvalue weighted by Crippen LogP contribution is 2.39. The molecule has 2 aromatic carbocycles. The van der Waals surface area contributed by atoms with E-state index in [2.05, 4.69) is 10.3 Å². The van der Waals surface area contributed by atoms with Gasteiger partial charge in [-0.3, -0.25) is 14.4 Å². The number of carbonyl (C=O) groups is 1. The second kappa shape index (κ2) is 6.07. The number of aliphatic hydroxyl groups is 1. The molecule has 4 rings (SSSR count). The van der Waals surface area contributed by atoms with Gasteiger partial charge in [-0.1, -0.05) is 30.3 Å². The van der Waals surface area contributed by atoms with Gasteiger partial charge in [0.2, 0.25) is 0 Å². The fourth-order valence-corrected chi connectivity index (χ4v) is 5.33. The predicted molar refractivity (Wildman–Crippen MR) is 104 cm³/mol. The Kier molecular flexibility index (Phi) is 3.93. The molecular weight excluding hydrogens is 386 g/mol. The molecule has 1 aliphatic heterocycles. The SMILES string of the molecule is Cc1csc(NC(=O)C2=C(O)c3ccc4ccccc4c3S(=O)(=O)N2C)n1. The Morgan fingerprint density at radius 3 is 2.67 bits per heavy atom. The van der Waals surface area contributed by atoms with E-state index in [1.54, 1.807) is 42.6 Å². The van der Waals surface area contributed by atoms with Crippen LogP contribution in [0.15, 0.2) is 52.4 Å². The van der Waals surface area contributed by atoms with Gasteiger partial charge in [0.05, 0.1) is 5.69 Å². The Labute approximate surface area is 159 Å². The van der Waals surface area contributed by atoms with Crippen LogP contribution in [0.2, 0.25) is 0 Å². The molecule has 1 amide bonds. The summed E-state index contributed by atoms with van der Waals surface area (Å²) in [7, 11) is -2.78. The van der Waals surface area contributed by atoms with Gasteiger partial charge < -0.3 is 5.11 Å². The number of rotatable bonds is 2. The molecule has 138 valence electrons. The van der Waals surface area contributed by atoms with Crippen molar-refractivity contribution < 1.29 is 18.3 Å². The number of aromatic nitrogens is 1. The Balaban J connectivity index is 1.91. The van der Waals surface area contributed by atoms with Crippen LogP contribution in [-0.2, 0) is 14.8 Å². The average molecular weight is 401 g/mol. The predicted octanol–water partition coefficient (Wildman–Crippen LogP) is 3.10. The number of sulfonamides is 1. The number of anilines is 1. The van der Waals surface area contributed by atoms with E-state index >= 15 is 0 Å². The third kappa shape index (κ3) is 2.66. The van der Waals surface area contributed by atoms with Gasteiger partial charge in [0.1, 0.15) is 4.90 Å². The highest BCUT2D eigenvalue weighted by Gasteiger charge is 2.39. The van der Waals surface area contributed by atoms with Crippen molar-refractivity contribution in [2.24, 2.45) is 0 Å². The summed E-state index contributed by atoms with van der Waals surface area (Å²) in [5, 5.41) is 16.6. The molecule has 0 saturated carbocycles. The first kappa shape index (κ1) is 17.5. The van der Waals surface area contributed by atoms with Crippen molar-refractivity contribution in [3.63, 3.8) is 0 Å². The van der Waals surface area contributed by atoms with Gasteiger partial charge in [-0.05, 0) is 18.4 Å². The normalized spacial score (nSPS) is 15.7. The molecule has 0 spiro atoms. The smallest absolute Gasteiger partial charge is 0.278 e. The molecule has 9 heteroatoms. The highest BCUT2D eigenvalue weighted by atomic mass is 32.2. The van der Waals surface area contributed by atoms with E-state index < -0.39 is 15.9 Å². The lowest BCUT2D eigenvalue weighted by Crippen LogP contribution is -2.37. The number of aliphatic hydroxyl groups excluding tert-OH is 1. The van der Waals surface area contributed by atoms with Crippen LogP contribution in [-0.4, -0.2) is 35.8 Å². The summed E-state index contributed by atoms with van der Waals surface area (Å²) < 4.78 is 27.1. The van der Waals surface area contributed by atoms with Crippen molar-refractivity contribution in [3.8, 4) is 0 Å². The highest BCUT2D eigenvalue weighted by molar-refractivity contribution is 7.89. The second-order valence-corrected chi connectivity index (χ2v) is 8.85. The minimum Gasteiger partial charge on any atom is -0.505 e. The first-order chi connectivity index (χ1) is 12.8. The number of likely N-dealkylation sites (N-methyl/N-ethyl adjacent to an activating group) is 1. The van der Waals surface area contributed by atoms with E-state index in [0.717, 1.165) is 15.4 Å². The van der Waals surface area contributed by atoms with Crippen LogP contribution < -0.4 is 5.32 Å². The third-order valence-corrected chi connectivity index (χ3v) is 7.08. The molecule has 3 aromatic rings. The number of fused-ring (bicyclic) bond motifs is 3. The van der Waals surface area contributed by atoms with Gasteiger partial charge in [0, 0.05) is 23.4 Å². The quantitative estimate of drug-likeness (QED) is 0.687. The summed E-state index contributed by atoms with van der Waals surface area (Å²) in [5.74, 6) is -1.13. The molecule has 0 fully saturated rings. The number of benzene rings is 2. The van der Waals surface area contributed by atoms with Crippen molar-refractivity contribution >= 4 is 48.9 Å². The zero-order chi connectivity index (χ0) is 19.3. The van der Waals surface area contributed by atoms with Crippen LogP contribution in [0, 0.1) is 6.92 Å². The largest absolute Gasteiger partial charge is 0.505 e. The first-order valence-corrected chi connectivity index (χ1v) is 10.3. The Morgan fingerprint density at radius 1 is 1.22 bits per heavy atom. The van der Waals surface area contributed by atoms with Crippen molar-refractivity contribution in [1.29, 1.82) is 0 Å². The van der Waals surface area contributed by atoms with E-state index in [-0.39, 0.29) is 21.9 Å². The van der Waals surface area contributed by atoms with Crippen LogP contribution in [0.25, 0.3) is 16.5 Å². The van der Waals surface area contributed by atoms with Crippen LogP contribution in [0.5, 0.6) is 0 Å². The monoisotopic (exact) mass is 401 g/mol. The number of nitrogens with zero attached hydrogens (tertiary/aromatic N) is 2. The number of hydrogen-bond acceptors (Lipinski definition) is 6. The zero-order valence-electron chi connectivity index (χ0n) is 14.4. The number of nitrogens with one attached hydrogen (secondary N) is 1. The van der Waals surface area contributed by atoms with Crippen molar-refractivity contribution in [2.75, 3.05) is 12.4 Å². The number of aryl methyl sites for hydroxylation is 1. The molecule has 0 bridgehead atoms. The first-order valence-electron chi connectivity index (χ1n) is 7.98. The number of carbonyl (C=O) groups excluding carboxylic acids is 1. The molecule has 0 unspecified atom stereocenters. The maximum absolute atomic E-state index is 13.1. The maximum Gasteiger partial charge on any atom is 0.278 e. The summed E-state index contributed by atoms with van der Waals surface area (Å²) in [6.07, 6.45) is 0. The average Bonchev–Trinajstić information content (AvgIpc) is 3.04. The molecule has 1 aromatic heterocycles. The molecular formula is C18H15N3O4S2. The molecule has 0 radical (unpaired) electrons. The summed E-state index contributed by atoms with van der Waals surface area (Å²) in [6.45, 7) is 1.78. The van der Waals surface area contributed by atoms with E-state index in [1.807, 2.05) is 0 Å². The molecule has 27 heavy (non-hydrogen) atoms. The van der Waals surface area contributed by atoms with Crippen LogP contribution >= 0.6 is 11.3 Å². The van der Waals surface area contributed by atoms with Gasteiger partial charge in [0.15, 0.2) is 16.6 Å². The lowest BCUT2D eigenvalue weighted by molar-refractivity contribution is -0.113. The van der Waals surface area contributed by atoms with Crippen LogP contribution in [0.4, 0.5) is 5.13 Å². The fraction of sp³-hybridized carbons (Fsp3) is 0.111. The Morgan fingerprint density at radius 2 is 1.96 bits per heavy atom. The van der Waals surface area contributed by atoms with Gasteiger partial charge >= 0.3 is 0 Å². The van der Waals surface area contributed by atoms with Gasteiger partial charge in [-0.15, -0.1) is 11.3 Å². The molecule has 7 nitrogen and oxygen atoms in total. The van der Waals surface area contributed by atoms with Gasteiger partial charge in [-0.2, -0.15) is 0 Å². The lowest BCUT2D eigenvalue weighted by atomic mass is 10.0. The molecule has 0 atom stereocenters. The van der Waals surface area contributed by atoms with E-state index in [4.69, 9.17) is 0 Å².